The SMILES string of the molecule is NC(=S)N(NC(=O)CCc1ccccc1)c1ccccc1. The number of amides is 1. The molecule has 1 amide bonds. The van der Waals surface area contributed by atoms with Crippen molar-refractivity contribution in [3.8, 4) is 0 Å². The largest absolute Gasteiger partial charge is 0.374 e. The van der Waals surface area contributed by atoms with Crippen molar-refractivity contribution in [3.63, 3.8) is 0 Å². The van der Waals surface area contributed by atoms with E-state index >= 15 is 0 Å². The smallest absolute Gasteiger partial charge is 0.239 e. The number of hydrogen-bond donors (Lipinski definition) is 2. The van der Waals surface area contributed by atoms with E-state index in [0.29, 0.717) is 12.8 Å². The number of nitrogens with zero attached hydrogens (tertiary/aromatic N) is 1. The predicted molar refractivity (Wildman–Crippen MR) is 88.6 cm³/mol. The Bertz CT molecular complexity index is 601. The van der Waals surface area contributed by atoms with Gasteiger partial charge in [0.05, 0.1) is 5.69 Å². The Morgan fingerprint density at radius 3 is 2.19 bits per heavy atom. The molecular weight excluding hydrogens is 282 g/mol. The van der Waals surface area contributed by atoms with Crippen LogP contribution in [0.25, 0.3) is 0 Å². The average molecular weight is 299 g/mol. The zero-order chi connectivity index (χ0) is 15.1. The van der Waals surface area contributed by atoms with Crippen molar-refractivity contribution in [1.82, 2.24) is 5.43 Å². The lowest BCUT2D eigenvalue weighted by molar-refractivity contribution is -0.121. The van der Waals surface area contributed by atoms with Gasteiger partial charge in [0.2, 0.25) is 5.91 Å². The minimum atomic E-state index is -0.129. The van der Waals surface area contributed by atoms with Crippen molar-refractivity contribution in [1.29, 1.82) is 0 Å². The number of carbonyl (C=O) groups excluding carboxylic acids is 1. The van der Waals surface area contributed by atoms with Gasteiger partial charge in [0.25, 0.3) is 0 Å². The van der Waals surface area contributed by atoms with Crippen LogP contribution in [-0.4, -0.2) is 11.0 Å². The second-order valence-electron chi connectivity index (χ2n) is 4.53. The topological polar surface area (TPSA) is 58.4 Å². The van der Waals surface area contributed by atoms with E-state index in [1.54, 1.807) is 0 Å². The highest BCUT2D eigenvalue weighted by molar-refractivity contribution is 7.80. The number of carbonyl (C=O) groups is 1. The Balaban J connectivity index is 1.95. The zero-order valence-electron chi connectivity index (χ0n) is 11.5. The van der Waals surface area contributed by atoms with Crippen molar-refractivity contribution in [3.05, 3.63) is 66.2 Å². The molecular formula is C16H17N3OS. The summed E-state index contributed by atoms with van der Waals surface area (Å²) in [4.78, 5) is 12.0. The Kier molecular flexibility index (Phi) is 5.29. The summed E-state index contributed by atoms with van der Waals surface area (Å²) in [5, 5.41) is 1.53. The molecule has 5 heteroatoms. The summed E-state index contributed by atoms with van der Waals surface area (Å²) >= 11 is 4.98. The number of nitrogens with two attached hydrogens (primary N) is 1. The number of thiocarbonyl (C=S) groups is 1. The Labute approximate surface area is 129 Å². The average Bonchev–Trinajstić information content (AvgIpc) is 2.52. The van der Waals surface area contributed by atoms with Crippen molar-refractivity contribution in [2.24, 2.45) is 5.73 Å². The van der Waals surface area contributed by atoms with E-state index in [1.165, 1.54) is 5.01 Å². The summed E-state index contributed by atoms with van der Waals surface area (Å²) in [5.41, 5.74) is 10.3. The number of para-hydroxylation sites is 1. The van der Waals surface area contributed by atoms with Crippen LogP contribution in [0.1, 0.15) is 12.0 Å². The molecule has 0 aliphatic rings. The van der Waals surface area contributed by atoms with Gasteiger partial charge in [-0.2, -0.15) is 0 Å². The molecule has 0 saturated heterocycles. The number of nitrogens with one attached hydrogen (secondary N) is 1. The lowest BCUT2D eigenvalue weighted by atomic mass is 10.1. The van der Waals surface area contributed by atoms with E-state index in [9.17, 15) is 4.79 Å². The monoisotopic (exact) mass is 299 g/mol. The molecule has 0 unspecified atom stereocenters. The van der Waals surface area contributed by atoms with Gasteiger partial charge in [-0.15, -0.1) is 0 Å². The second-order valence-corrected chi connectivity index (χ2v) is 4.95. The quantitative estimate of drug-likeness (QED) is 0.672. The molecule has 2 rings (SSSR count). The Hall–Kier alpha value is -2.40. The van der Waals surface area contributed by atoms with Crippen LogP contribution in [-0.2, 0) is 11.2 Å². The molecule has 0 aliphatic heterocycles. The summed E-state index contributed by atoms with van der Waals surface area (Å²) in [7, 11) is 0. The first kappa shape index (κ1) is 15.0. The summed E-state index contributed by atoms with van der Waals surface area (Å²) in [6.07, 6.45) is 1.04. The number of hydrazine groups is 1. The van der Waals surface area contributed by atoms with E-state index in [0.717, 1.165) is 11.3 Å². The van der Waals surface area contributed by atoms with Gasteiger partial charge in [-0.3, -0.25) is 10.2 Å². The fourth-order valence-corrected chi connectivity index (χ4v) is 2.06. The molecule has 0 radical (unpaired) electrons. The fourth-order valence-electron chi connectivity index (χ4n) is 1.91. The van der Waals surface area contributed by atoms with Gasteiger partial charge in [0.15, 0.2) is 5.11 Å². The molecule has 3 N–H and O–H groups in total. The molecule has 108 valence electrons. The van der Waals surface area contributed by atoms with Gasteiger partial charge in [-0.25, -0.2) is 5.01 Å². The van der Waals surface area contributed by atoms with E-state index in [-0.39, 0.29) is 11.0 Å². The first-order valence-corrected chi connectivity index (χ1v) is 7.05. The summed E-state index contributed by atoms with van der Waals surface area (Å²) in [6.45, 7) is 0. The van der Waals surface area contributed by atoms with E-state index in [2.05, 4.69) is 5.43 Å². The van der Waals surface area contributed by atoms with Gasteiger partial charge < -0.3 is 5.73 Å². The lowest BCUT2D eigenvalue weighted by Crippen LogP contribution is -2.49. The molecule has 0 atom stereocenters. The van der Waals surface area contributed by atoms with Crippen molar-refractivity contribution in [2.45, 2.75) is 12.8 Å². The molecule has 0 heterocycles. The highest BCUT2D eigenvalue weighted by Crippen LogP contribution is 2.11. The number of benzene rings is 2. The van der Waals surface area contributed by atoms with Crippen molar-refractivity contribution < 1.29 is 4.79 Å². The van der Waals surface area contributed by atoms with Gasteiger partial charge in [-0.05, 0) is 36.3 Å². The fraction of sp³-hybridized carbons (Fsp3) is 0.125. The third-order valence-corrected chi connectivity index (χ3v) is 3.14. The van der Waals surface area contributed by atoms with Crippen LogP contribution in [0, 0.1) is 0 Å². The molecule has 0 aliphatic carbocycles. The summed E-state index contributed by atoms with van der Waals surface area (Å²) in [5.74, 6) is -0.129. The molecule has 4 nitrogen and oxygen atoms in total. The minimum Gasteiger partial charge on any atom is -0.374 e. The van der Waals surface area contributed by atoms with Crippen molar-refractivity contribution in [2.75, 3.05) is 5.01 Å². The van der Waals surface area contributed by atoms with Crippen molar-refractivity contribution >= 4 is 28.9 Å². The first-order valence-electron chi connectivity index (χ1n) is 6.65. The molecule has 0 aromatic heterocycles. The molecule has 0 fully saturated rings. The number of aryl methyl sites for hydroxylation is 1. The zero-order valence-corrected chi connectivity index (χ0v) is 12.3. The molecule has 0 saturated carbocycles. The molecule has 0 bridgehead atoms. The summed E-state index contributed by atoms with van der Waals surface area (Å²) in [6, 6.07) is 19.1. The lowest BCUT2D eigenvalue weighted by Gasteiger charge is -2.23. The molecule has 0 spiro atoms. The van der Waals surface area contributed by atoms with E-state index in [1.807, 2.05) is 60.7 Å². The number of hydrogen-bond acceptors (Lipinski definition) is 2. The third-order valence-electron chi connectivity index (χ3n) is 2.95. The van der Waals surface area contributed by atoms with Crippen LogP contribution >= 0.6 is 12.2 Å². The van der Waals surface area contributed by atoms with Gasteiger partial charge >= 0.3 is 0 Å². The van der Waals surface area contributed by atoms with Crippen LogP contribution in [0.3, 0.4) is 0 Å². The first-order chi connectivity index (χ1) is 10.2. The van der Waals surface area contributed by atoms with Crippen LogP contribution in [0.4, 0.5) is 5.69 Å². The van der Waals surface area contributed by atoms with Crippen LogP contribution in [0.15, 0.2) is 60.7 Å². The summed E-state index contributed by atoms with van der Waals surface area (Å²) < 4.78 is 0. The highest BCUT2D eigenvalue weighted by atomic mass is 32.1. The Morgan fingerprint density at radius 2 is 1.62 bits per heavy atom. The normalized spacial score (nSPS) is 9.90. The maximum absolute atomic E-state index is 12.0. The van der Waals surface area contributed by atoms with Gasteiger partial charge in [0.1, 0.15) is 0 Å². The third kappa shape index (κ3) is 4.57. The molecule has 21 heavy (non-hydrogen) atoms. The maximum Gasteiger partial charge on any atom is 0.239 e. The van der Waals surface area contributed by atoms with Gasteiger partial charge in [-0.1, -0.05) is 48.5 Å². The second kappa shape index (κ2) is 7.40. The predicted octanol–water partition coefficient (Wildman–Crippen LogP) is 2.40. The van der Waals surface area contributed by atoms with E-state index in [4.69, 9.17) is 18.0 Å². The molecule has 2 aromatic rings. The van der Waals surface area contributed by atoms with Crippen LogP contribution in [0.5, 0.6) is 0 Å². The van der Waals surface area contributed by atoms with E-state index < -0.39 is 0 Å². The number of anilines is 1. The molecule has 2 aromatic carbocycles. The van der Waals surface area contributed by atoms with Crippen LogP contribution < -0.4 is 16.2 Å². The Morgan fingerprint density at radius 1 is 1.05 bits per heavy atom. The van der Waals surface area contributed by atoms with Gasteiger partial charge in [0, 0.05) is 6.42 Å². The standard InChI is InChI=1S/C16H17N3OS/c17-16(21)19(14-9-5-2-6-10-14)18-15(20)12-11-13-7-3-1-4-8-13/h1-10H,11-12H2,(H2,17,21)(H,18,20). The van der Waals surface area contributed by atoms with Crippen LogP contribution in [0.2, 0.25) is 0 Å². The highest BCUT2D eigenvalue weighted by Gasteiger charge is 2.12. The maximum atomic E-state index is 12.0. The number of rotatable bonds is 4. The minimum absolute atomic E-state index is 0.106.